The molecule has 2 saturated carbocycles. The number of carbonyl (C=O) groups excluding carboxylic acids is 1. The van der Waals surface area contributed by atoms with Gasteiger partial charge < -0.3 is 9.88 Å². The third-order valence-corrected chi connectivity index (χ3v) is 8.82. The molecular weight excluding hydrogens is 429 g/mol. The summed E-state index contributed by atoms with van der Waals surface area (Å²) in [4.78, 5) is 29.9. The van der Waals surface area contributed by atoms with E-state index in [-0.39, 0.29) is 10.0 Å². The molecule has 0 spiro atoms. The first-order valence-electron chi connectivity index (χ1n) is 10.1. The molecule has 0 saturated heterocycles. The lowest BCUT2D eigenvalue weighted by molar-refractivity contribution is -0.119. The molecule has 0 radical (unpaired) electrons. The summed E-state index contributed by atoms with van der Waals surface area (Å²) in [6, 6.07) is 1.79. The first-order chi connectivity index (χ1) is 14.3. The van der Waals surface area contributed by atoms with Crippen LogP contribution in [0.5, 0.6) is 0 Å². The summed E-state index contributed by atoms with van der Waals surface area (Å²) in [5.74, 6) is -0.144. The van der Waals surface area contributed by atoms with Crippen molar-refractivity contribution >= 4 is 32.2 Å². The normalized spacial score (nSPS) is 18.5. The highest BCUT2D eigenvalue weighted by molar-refractivity contribution is 7.92. The largest absolute Gasteiger partial charge is 0.300 e. The summed E-state index contributed by atoms with van der Waals surface area (Å²) >= 11 is 0.719. The Morgan fingerprint density at radius 2 is 2.00 bits per heavy atom. The van der Waals surface area contributed by atoms with Gasteiger partial charge in [-0.25, -0.2) is 13.4 Å². The van der Waals surface area contributed by atoms with Gasteiger partial charge in [-0.3, -0.25) is 9.59 Å². The number of aromatic nitrogens is 2. The summed E-state index contributed by atoms with van der Waals surface area (Å²) < 4.78 is 39.8. The van der Waals surface area contributed by atoms with E-state index in [4.69, 9.17) is 0 Å². The number of thiazole rings is 1. The zero-order chi connectivity index (χ0) is 21.5. The minimum Gasteiger partial charge on any atom is -0.300 e. The molecule has 162 valence electrons. The van der Waals surface area contributed by atoms with Gasteiger partial charge in [0.15, 0.2) is 20.1 Å². The van der Waals surface area contributed by atoms with Crippen LogP contribution in [0.3, 0.4) is 0 Å². The van der Waals surface area contributed by atoms with Crippen molar-refractivity contribution in [3.05, 3.63) is 39.5 Å². The first kappa shape index (κ1) is 21.2. The van der Waals surface area contributed by atoms with Crippen LogP contribution in [0.1, 0.15) is 56.7 Å². The predicted octanol–water partition coefficient (Wildman–Crippen LogP) is 3.45. The van der Waals surface area contributed by atoms with Crippen molar-refractivity contribution in [3.63, 3.8) is 0 Å². The van der Waals surface area contributed by atoms with Gasteiger partial charge in [0.1, 0.15) is 6.04 Å². The molecule has 30 heavy (non-hydrogen) atoms. The second-order valence-corrected chi connectivity index (χ2v) is 11.4. The summed E-state index contributed by atoms with van der Waals surface area (Å²) in [7, 11) is -3.51. The fourth-order valence-corrected chi connectivity index (χ4v) is 6.50. The maximum absolute atomic E-state index is 13.3. The molecule has 2 aromatic heterocycles. The van der Waals surface area contributed by atoms with Gasteiger partial charge in [0, 0.05) is 11.8 Å². The Hall–Kier alpha value is -2.07. The number of hydrogen-bond acceptors (Lipinski definition) is 6. The Labute approximate surface area is 178 Å². The molecule has 2 fully saturated rings. The average Bonchev–Trinajstić information content (AvgIpc) is 3.29. The summed E-state index contributed by atoms with van der Waals surface area (Å²) in [6.07, 6.45) is 6.86. The van der Waals surface area contributed by atoms with Crippen LogP contribution >= 0.6 is 11.3 Å². The van der Waals surface area contributed by atoms with E-state index in [9.17, 15) is 22.4 Å². The Balaban J connectivity index is 1.68. The van der Waals surface area contributed by atoms with E-state index in [0.29, 0.717) is 30.9 Å². The lowest BCUT2D eigenvalue weighted by Crippen LogP contribution is -2.36. The average molecular weight is 454 g/mol. The fourth-order valence-electron chi connectivity index (χ4n) is 4.21. The number of rotatable bonds is 7. The van der Waals surface area contributed by atoms with Gasteiger partial charge in [0.25, 0.3) is 5.56 Å². The van der Waals surface area contributed by atoms with Gasteiger partial charge in [-0.2, -0.15) is 4.39 Å². The number of aryl methyl sites for hydroxylation is 1. The third kappa shape index (κ3) is 4.34. The molecule has 0 aliphatic heterocycles. The molecule has 1 unspecified atom stereocenters. The third-order valence-electron chi connectivity index (χ3n) is 5.88. The molecule has 1 atom stereocenters. The van der Waals surface area contributed by atoms with E-state index in [1.807, 2.05) is 0 Å². The van der Waals surface area contributed by atoms with Crippen molar-refractivity contribution < 1.29 is 17.6 Å². The minimum absolute atomic E-state index is 0.0192. The lowest BCUT2D eigenvalue weighted by atomic mass is 9.97. The maximum Gasteiger partial charge on any atom is 0.252 e. The molecule has 2 aliphatic rings. The Kier molecular flexibility index (Phi) is 5.80. The van der Waals surface area contributed by atoms with Crippen molar-refractivity contribution in [2.24, 2.45) is 5.92 Å². The van der Waals surface area contributed by atoms with Gasteiger partial charge in [-0.1, -0.05) is 37.0 Å². The molecule has 0 bridgehead atoms. The van der Waals surface area contributed by atoms with E-state index in [2.05, 4.69) is 10.3 Å². The van der Waals surface area contributed by atoms with Crippen molar-refractivity contribution in [3.8, 4) is 0 Å². The smallest absolute Gasteiger partial charge is 0.252 e. The van der Waals surface area contributed by atoms with Crippen LogP contribution < -0.4 is 10.9 Å². The van der Waals surface area contributed by atoms with Crippen LogP contribution in [0.4, 0.5) is 9.52 Å². The van der Waals surface area contributed by atoms with Crippen LogP contribution in [-0.4, -0.2) is 29.1 Å². The van der Waals surface area contributed by atoms with Crippen LogP contribution in [0.25, 0.3) is 0 Å². The fraction of sp³-hybridized carbons (Fsp3) is 0.550. The van der Waals surface area contributed by atoms with E-state index in [1.165, 1.54) is 10.6 Å². The molecule has 7 nitrogen and oxygen atoms in total. The second-order valence-electron chi connectivity index (χ2n) is 8.15. The topological polar surface area (TPSA) is 98.1 Å². The van der Waals surface area contributed by atoms with Crippen LogP contribution in [0.2, 0.25) is 0 Å². The standard InChI is InChI=1S/C20H24FN3O4S2/c1-12-8-15(30(27,28)14-6-7-14)10-18(25)24(12)16(9-13-4-2-3-5-13)19(26)23-20-22-11-17(21)29-20/h8,10-11,13-14,16H,2-7,9H2,1H3,(H,22,23,26). The van der Waals surface area contributed by atoms with Gasteiger partial charge in [-0.05, 0) is 38.2 Å². The molecule has 1 N–H and O–H groups in total. The Bertz CT molecular complexity index is 1120. The predicted molar refractivity (Wildman–Crippen MR) is 112 cm³/mol. The molecular formula is C20H24FN3O4S2. The summed E-state index contributed by atoms with van der Waals surface area (Å²) in [6.45, 7) is 1.64. The van der Waals surface area contributed by atoms with Crippen molar-refractivity contribution in [2.75, 3.05) is 5.32 Å². The van der Waals surface area contributed by atoms with Crippen LogP contribution in [0.15, 0.2) is 28.0 Å². The highest BCUT2D eigenvalue weighted by Gasteiger charge is 2.38. The molecule has 4 rings (SSSR count). The number of sulfone groups is 1. The number of amides is 1. The SMILES string of the molecule is Cc1cc(S(=O)(=O)C2CC2)cc(=O)n1C(CC1CCCC1)C(=O)Nc1ncc(F)s1. The molecule has 2 aromatic rings. The highest BCUT2D eigenvalue weighted by Crippen LogP contribution is 2.35. The van der Waals surface area contributed by atoms with Crippen LogP contribution in [-0.2, 0) is 14.6 Å². The number of nitrogens with zero attached hydrogens (tertiary/aromatic N) is 2. The lowest BCUT2D eigenvalue weighted by Gasteiger charge is -2.24. The number of anilines is 1. The van der Waals surface area contributed by atoms with E-state index in [0.717, 1.165) is 49.3 Å². The molecule has 2 heterocycles. The number of hydrogen-bond donors (Lipinski definition) is 1. The van der Waals surface area contributed by atoms with Crippen molar-refractivity contribution in [2.45, 2.75) is 68.1 Å². The summed E-state index contributed by atoms with van der Waals surface area (Å²) in [5, 5.41) is 1.82. The van der Waals surface area contributed by atoms with Crippen LogP contribution in [0, 0.1) is 18.0 Å². The molecule has 2 aliphatic carbocycles. The minimum atomic E-state index is -3.51. The van der Waals surface area contributed by atoms with Gasteiger partial charge >= 0.3 is 0 Å². The Morgan fingerprint density at radius 1 is 1.30 bits per heavy atom. The first-order valence-corrected chi connectivity index (χ1v) is 12.5. The Morgan fingerprint density at radius 3 is 2.57 bits per heavy atom. The number of halogens is 1. The number of carbonyl (C=O) groups is 1. The van der Waals surface area contributed by atoms with Crippen molar-refractivity contribution in [1.82, 2.24) is 9.55 Å². The number of nitrogens with one attached hydrogen (secondary N) is 1. The summed E-state index contributed by atoms with van der Waals surface area (Å²) in [5.41, 5.74) is -0.0946. The molecule has 1 amide bonds. The zero-order valence-electron chi connectivity index (χ0n) is 16.6. The highest BCUT2D eigenvalue weighted by atomic mass is 32.2. The van der Waals surface area contributed by atoms with E-state index >= 15 is 0 Å². The van der Waals surface area contributed by atoms with Gasteiger partial charge in [0.05, 0.1) is 16.3 Å². The zero-order valence-corrected chi connectivity index (χ0v) is 18.3. The van der Waals surface area contributed by atoms with Gasteiger partial charge in [-0.15, -0.1) is 0 Å². The van der Waals surface area contributed by atoms with Crippen molar-refractivity contribution in [1.29, 1.82) is 0 Å². The van der Waals surface area contributed by atoms with Gasteiger partial charge in [0.2, 0.25) is 5.91 Å². The maximum atomic E-state index is 13.3. The quantitative estimate of drug-likeness (QED) is 0.692. The van der Waals surface area contributed by atoms with E-state index in [1.54, 1.807) is 6.92 Å². The second kappa shape index (κ2) is 8.22. The molecule has 10 heteroatoms. The van der Waals surface area contributed by atoms with E-state index < -0.39 is 37.7 Å². The monoisotopic (exact) mass is 453 g/mol. The molecule has 0 aromatic carbocycles. The number of pyridine rings is 1.